The molecular formula is C22H20F4N2O6. The Morgan fingerprint density at radius 3 is 2.09 bits per heavy atom. The number of benzene rings is 2. The molecular weight excluding hydrogens is 464 g/mol. The topological polar surface area (TPSA) is 122 Å². The number of alkyl halides is 4. The molecule has 2 amide bonds. The first-order chi connectivity index (χ1) is 16.0. The lowest BCUT2D eigenvalue weighted by Gasteiger charge is -2.22. The molecule has 0 radical (unpaired) electrons. The van der Waals surface area contributed by atoms with E-state index < -0.39 is 60.7 Å². The van der Waals surface area contributed by atoms with Crippen molar-refractivity contribution in [3.63, 3.8) is 0 Å². The Hall–Kier alpha value is -3.96. The van der Waals surface area contributed by atoms with Crippen LogP contribution >= 0.6 is 0 Å². The Kier molecular flexibility index (Phi) is 9.10. The van der Waals surface area contributed by atoms with E-state index in [0.717, 1.165) is 12.1 Å². The highest BCUT2D eigenvalue weighted by atomic mass is 19.4. The number of hydrogen-bond acceptors (Lipinski definition) is 5. The predicted molar refractivity (Wildman–Crippen MR) is 109 cm³/mol. The van der Waals surface area contributed by atoms with Gasteiger partial charge >= 0.3 is 18.2 Å². The van der Waals surface area contributed by atoms with E-state index in [1.807, 2.05) is 5.32 Å². The average Bonchev–Trinajstić information content (AvgIpc) is 2.80. The molecule has 0 heterocycles. The Bertz CT molecular complexity index is 1010. The first kappa shape index (κ1) is 26.3. The van der Waals surface area contributed by atoms with Crippen LogP contribution in [0.3, 0.4) is 0 Å². The summed E-state index contributed by atoms with van der Waals surface area (Å²) in [6.45, 7) is -1.74. The van der Waals surface area contributed by atoms with E-state index in [4.69, 9.17) is 9.84 Å². The highest BCUT2D eigenvalue weighted by Gasteiger charge is 2.32. The summed E-state index contributed by atoms with van der Waals surface area (Å²) in [6.07, 6.45) is -6.71. The lowest BCUT2D eigenvalue weighted by atomic mass is 10.0. The summed E-state index contributed by atoms with van der Waals surface area (Å²) in [5.74, 6) is -3.88. The van der Waals surface area contributed by atoms with E-state index in [0.29, 0.717) is 17.7 Å². The van der Waals surface area contributed by atoms with Crippen LogP contribution in [0.2, 0.25) is 0 Å². The maximum absolute atomic E-state index is 12.9. The van der Waals surface area contributed by atoms with Gasteiger partial charge in [0, 0.05) is 0 Å². The van der Waals surface area contributed by atoms with Crippen molar-refractivity contribution in [3.05, 3.63) is 71.3 Å². The average molecular weight is 484 g/mol. The summed E-state index contributed by atoms with van der Waals surface area (Å²) in [7, 11) is 0. The summed E-state index contributed by atoms with van der Waals surface area (Å²) in [6, 6.07) is 8.21. The third kappa shape index (κ3) is 7.87. The zero-order chi connectivity index (χ0) is 25.3. The molecule has 0 aromatic heterocycles. The molecule has 2 aromatic rings. The molecule has 34 heavy (non-hydrogen) atoms. The van der Waals surface area contributed by atoms with Crippen molar-refractivity contribution in [3.8, 4) is 0 Å². The van der Waals surface area contributed by atoms with Crippen LogP contribution in [0.4, 0.5) is 22.4 Å². The van der Waals surface area contributed by atoms with Crippen molar-refractivity contribution in [2.24, 2.45) is 0 Å². The van der Waals surface area contributed by atoms with Crippen LogP contribution in [0.1, 0.15) is 29.2 Å². The van der Waals surface area contributed by atoms with Gasteiger partial charge in [0.15, 0.2) is 5.78 Å². The molecule has 0 saturated heterocycles. The number of carboxylic acids is 1. The van der Waals surface area contributed by atoms with Crippen molar-refractivity contribution in [2.75, 3.05) is 6.67 Å². The third-order valence-corrected chi connectivity index (χ3v) is 4.52. The van der Waals surface area contributed by atoms with Gasteiger partial charge in [-0.15, -0.1) is 0 Å². The van der Waals surface area contributed by atoms with Gasteiger partial charge in [0.25, 0.3) is 0 Å². The quantitative estimate of drug-likeness (QED) is 0.446. The lowest BCUT2D eigenvalue weighted by molar-refractivity contribution is -0.140. The van der Waals surface area contributed by atoms with E-state index in [-0.39, 0.29) is 12.2 Å². The first-order valence-corrected chi connectivity index (χ1v) is 9.76. The van der Waals surface area contributed by atoms with Gasteiger partial charge < -0.3 is 20.5 Å². The maximum Gasteiger partial charge on any atom is 0.416 e. The van der Waals surface area contributed by atoms with Crippen LogP contribution in [-0.4, -0.2) is 41.6 Å². The Morgan fingerprint density at radius 2 is 1.56 bits per heavy atom. The fourth-order valence-electron chi connectivity index (χ4n) is 2.82. The highest BCUT2D eigenvalue weighted by molar-refractivity contribution is 5.95. The van der Waals surface area contributed by atoms with Crippen LogP contribution < -0.4 is 10.6 Å². The smallest absolute Gasteiger partial charge is 0.416 e. The molecule has 3 N–H and O–H groups in total. The Balaban J connectivity index is 2.24. The summed E-state index contributed by atoms with van der Waals surface area (Å²) in [5.41, 5.74) is -0.523. The number of Topliss-reactive ketones (excluding diaryl/α,β-unsaturated/α-hetero) is 1. The number of carbonyl (C=O) groups is 4. The number of nitrogens with one attached hydrogen (secondary N) is 2. The van der Waals surface area contributed by atoms with Crippen molar-refractivity contribution in [1.82, 2.24) is 10.6 Å². The Morgan fingerprint density at radius 1 is 0.941 bits per heavy atom. The predicted octanol–water partition coefficient (Wildman–Crippen LogP) is 3.17. The minimum Gasteiger partial charge on any atom is -0.481 e. The fraction of sp³-hybridized carbons (Fsp3) is 0.273. The second kappa shape index (κ2) is 11.8. The van der Waals surface area contributed by atoms with E-state index in [1.54, 1.807) is 30.3 Å². The lowest BCUT2D eigenvalue weighted by Crippen LogP contribution is -2.48. The summed E-state index contributed by atoms with van der Waals surface area (Å²) >= 11 is 0. The molecule has 2 unspecified atom stereocenters. The zero-order valence-corrected chi connectivity index (χ0v) is 17.5. The standard InChI is InChI=1S/C22H20F4N2O6/c23-11-17(29)16(10-18(30)31)27-20(32)19(14-6-8-15(9-7-14)22(24,25)26)28-21(33)34-12-13-4-2-1-3-5-13/h1-9,16,19H,10-12H2,(H,27,32)(H,28,33)(H,30,31). The molecule has 2 aromatic carbocycles. The van der Waals surface area contributed by atoms with Crippen LogP contribution in [0.5, 0.6) is 0 Å². The number of alkyl carbamates (subject to hydrolysis) is 1. The molecule has 0 aliphatic rings. The molecule has 12 heteroatoms. The fourth-order valence-corrected chi connectivity index (χ4v) is 2.82. The molecule has 0 spiro atoms. The summed E-state index contributed by atoms with van der Waals surface area (Å²) < 4.78 is 56.4. The first-order valence-electron chi connectivity index (χ1n) is 9.76. The SMILES string of the molecule is O=C(O)CC(NC(=O)C(NC(=O)OCc1ccccc1)c1ccc(C(F)(F)F)cc1)C(=O)CF. The number of carboxylic acid groups (broad SMARTS) is 1. The van der Waals surface area contributed by atoms with Gasteiger partial charge in [-0.05, 0) is 23.3 Å². The molecule has 0 fully saturated rings. The van der Waals surface area contributed by atoms with Gasteiger partial charge in [-0.3, -0.25) is 14.4 Å². The summed E-state index contributed by atoms with van der Waals surface area (Å²) in [5, 5.41) is 13.1. The highest BCUT2D eigenvalue weighted by Crippen LogP contribution is 2.30. The number of halogens is 4. The van der Waals surface area contributed by atoms with Crippen molar-refractivity contribution >= 4 is 23.8 Å². The largest absolute Gasteiger partial charge is 0.481 e. The van der Waals surface area contributed by atoms with Crippen LogP contribution in [-0.2, 0) is 31.9 Å². The minimum atomic E-state index is -4.65. The summed E-state index contributed by atoms with van der Waals surface area (Å²) in [4.78, 5) is 47.7. The third-order valence-electron chi connectivity index (χ3n) is 4.52. The van der Waals surface area contributed by atoms with Gasteiger partial charge in [0.2, 0.25) is 5.91 Å². The van der Waals surface area contributed by atoms with Gasteiger partial charge in [0.05, 0.1) is 12.0 Å². The molecule has 8 nitrogen and oxygen atoms in total. The zero-order valence-electron chi connectivity index (χ0n) is 17.5. The molecule has 182 valence electrons. The normalized spacial score (nSPS) is 12.8. The van der Waals surface area contributed by atoms with E-state index >= 15 is 0 Å². The Labute approximate surface area is 190 Å². The molecule has 0 aliphatic carbocycles. The monoisotopic (exact) mass is 484 g/mol. The van der Waals surface area contributed by atoms with Crippen molar-refractivity contribution in [2.45, 2.75) is 31.3 Å². The number of rotatable bonds is 10. The van der Waals surface area contributed by atoms with E-state index in [1.165, 1.54) is 0 Å². The number of aliphatic carboxylic acids is 1. The second-order valence-electron chi connectivity index (χ2n) is 7.02. The number of ketones is 1. The van der Waals surface area contributed by atoms with Crippen LogP contribution in [0, 0.1) is 0 Å². The van der Waals surface area contributed by atoms with Crippen LogP contribution in [0.25, 0.3) is 0 Å². The van der Waals surface area contributed by atoms with Gasteiger partial charge in [-0.1, -0.05) is 42.5 Å². The van der Waals surface area contributed by atoms with Gasteiger partial charge in [-0.2, -0.15) is 13.2 Å². The molecule has 2 rings (SSSR count). The molecule has 0 aliphatic heterocycles. The number of carbonyl (C=O) groups excluding carboxylic acids is 3. The van der Waals surface area contributed by atoms with Crippen molar-refractivity contribution in [1.29, 1.82) is 0 Å². The maximum atomic E-state index is 12.9. The number of amides is 2. The van der Waals surface area contributed by atoms with E-state index in [2.05, 4.69) is 5.32 Å². The van der Waals surface area contributed by atoms with E-state index in [9.17, 15) is 36.7 Å². The van der Waals surface area contributed by atoms with Crippen LogP contribution in [0.15, 0.2) is 54.6 Å². The molecule has 0 bridgehead atoms. The van der Waals surface area contributed by atoms with Crippen molar-refractivity contribution < 1.29 is 46.6 Å². The second-order valence-corrected chi connectivity index (χ2v) is 7.02. The molecule has 2 atom stereocenters. The number of hydrogen-bond donors (Lipinski definition) is 3. The molecule has 0 saturated carbocycles. The van der Waals surface area contributed by atoms with Gasteiger partial charge in [-0.25, -0.2) is 9.18 Å². The van der Waals surface area contributed by atoms with Gasteiger partial charge in [0.1, 0.15) is 25.4 Å². The minimum absolute atomic E-state index is 0.121. The number of ether oxygens (including phenoxy) is 1.